The Bertz CT molecular complexity index is 544. The van der Waals surface area contributed by atoms with Crippen molar-refractivity contribution in [3.63, 3.8) is 0 Å². The van der Waals surface area contributed by atoms with Crippen LogP contribution in [0.4, 0.5) is 0 Å². The lowest BCUT2D eigenvalue weighted by Gasteiger charge is -2.09. The molecule has 0 aromatic carbocycles. The van der Waals surface area contributed by atoms with Gasteiger partial charge in [-0.3, -0.25) is 9.89 Å². The van der Waals surface area contributed by atoms with Crippen molar-refractivity contribution < 1.29 is 4.79 Å². The number of aromatic nitrogens is 3. The Kier molecular flexibility index (Phi) is 3.88. The molecule has 0 aliphatic carbocycles. The van der Waals surface area contributed by atoms with Gasteiger partial charge in [-0.25, -0.2) is 4.98 Å². The maximum absolute atomic E-state index is 11.7. The second-order valence-corrected chi connectivity index (χ2v) is 4.95. The van der Waals surface area contributed by atoms with E-state index in [1.165, 1.54) is 6.08 Å². The van der Waals surface area contributed by atoms with Gasteiger partial charge in [-0.2, -0.15) is 5.10 Å². The number of thiazole rings is 1. The predicted molar refractivity (Wildman–Crippen MR) is 71.0 cm³/mol. The zero-order chi connectivity index (χ0) is 13.0. The van der Waals surface area contributed by atoms with Crippen LogP contribution in [0.5, 0.6) is 0 Å². The largest absolute Gasteiger partial charge is 0.346 e. The van der Waals surface area contributed by atoms with E-state index in [0.717, 1.165) is 16.3 Å². The minimum Gasteiger partial charge on any atom is -0.346 e. The monoisotopic (exact) mass is 262 g/mol. The van der Waals surface area contributed by atoms with E-state index in [2.05, 4.69) is 20.5 Å². The van der Waals surface area contributed by atoms with E-state index in [1.807, 2.05) is 19.2 Å². The number of nitrogens with one attached hydrogen (secondary N) is 2. The van der Waals surface area contributed by atoms with Crippen molar-refractivity contribution in [1.29, 1.82) is 0 Å². The number of amides is 1. The molecule has 2 aromatic rings. The first-order chi connectivity index (χ1) is 8.65. The molecule has 0 aliphatic heterocycles. The van der Waals surface area contributed by atoms with Crippen molar-refractivity contribution in [2.75, 3.05) is 0 Å². The quantitative estimate of drug-likeness (QED) is 0.829. The third-order valence-electron chi connectivity index (χ3n) is 2.42. The Balaban J connectivity index is 1.91. The van der Waals surface area contributed by atoms with Crippen LogP contribution in [0, 0.1) is 6.92 Å². The van der Waals surface area contributed by atoms with Gasteiger partial charge >= 0.3 is 0 Å². The van der Waals surface area contributed by atoms with Gasteiger partial charge in [-0.05, 0) is 19.9 Å². The lowest BCUT2D eigenvalue weighted by Crippen LogP contribution is -2.24. The van der Waals surface area contributed by atoms with Gasteiger partial charge in [-0.1, -0.05) is 0 Å². The van der Waals surface area contributed by atoms with Crippen LogP contribution in [0.25, 0.3) is 6.08 Å². The lowest BCUT2D eigenvalue weighted by atomic mass is 10.2. The molecule has 2 heterocycles. The summed E-state index contributed by atoms with van der Waals surface area (Å²) in [5.41, 5.74) is 1.75. The van der Waals surface area contributed by atoms with Gasteiger partial charge < -0.3 is 5.32 Å². The number of hydrogen-bond acceptors (Lipinski definition) is 4. The average Bonchev–Trinajstić information content (AvgIpc) is 2.97. The highest BCUT2D eigenvalue weighted by molar-refractivity contribution is 7.09. The number of aryl methyl sites for hydroxylation is 1. The van der Waals surface area contributed by atoms with Crippen LogP contribution in [-0.4, -0.2) is 21.1 Å². The van der Waals surface area contributed by atoms with Crippen molar-refractivity contribution in [1.82, 2.24) is 20.5 Å². The van der Waals surface area contributed by atoms with Crippen LogP contribution < -0.4 is 5.32 Å². The molecular weight excluding hydrogens is 248 g/mol. The molecule has 1 unspecified atom stereocenters. The molecule has 0 saturated heterocycles. The molecule has 6 heteroatoms. The van der Waals surface area contributed by atoms with Gasteiger partial charge in [0.25, 0.3) is 0 Å². The van der Waals surface area contributed by atoms with Crippen molar-refractivity contribution >= 4 is 23.3 Å². The van der Waals surface area contributed by atoms with E-state index in [-0.39, 0.29) is 11.9 Å². The summed E-state index contributed by atoms with van der Waals surface area (Å²) in [6, 6.07) is -0.0712. The van der Waals surface area contributed by atoms with Gasteiger partial charge in [0, 0.05) is 23.2 Å². The summed E-state index contributed by atoms with van der Waals surface area (Å²) in [6.45, 7) is 3.84. The molecule has 0 radical (unpaired) electrons. The summed E-state index contributed by atoms with van der Waals surface area (Å²) < 4.78 is 0. The summed E-state index contributed by atoms with van der Waals surface area (Å²) in [5, 5.41) is 12.3. The molecule has 5 nitrogen and oxygen atoms in total. The van der Waals surface area contributed by atoms with Crippen LogP contribution >= 0.6 is 11.3 Å². The van der Waals surface area contributed by atoms with Gasteiger partial charge in [0.05, 0.1) is 22.9 Å². The molecular formula is C12H14N4OS. The number of rotatable bonds is 4. The molecule has 18 heavy (non-hydrogen) atoms. The minimum absolute atomic E-state index is 0.0712. The smallest absolute Gasteiger partial charge is 0.244 e. The molecule has 1 atom stereocenters. The second kappa shape index (κ2) is 5.59. The van der Waals surface area contributed by atoms with Crippen LogP contribution in [0.2, 0.25) is 0 Å². The molecule has 0 aliphatic rings. The number of nitrogens with zero attached hydrogens (tertiary/aromatic N) is 2. The van der Waals surface area contributed by atoms with E-state index < -0.39 is 0 Å². The number of H-pyrrole nitrogens is 1. The van der Waals surface area contributed by atoms with E-state index in [4.69, 9.17) is 0 Å². The number of carbonyl (C=O) groups is 1. The molecule has 2 aromatic heterocycles. The van der Waals surface area contributed by atoms with E-state index in [9.17, 15) is 4.79 Å². The van der Waals surface area contributed by atoms with E-state index >= 15 is 0 Å². The summed E-state index contributed by atoms with van der Waals surface area (Å²) in [7, 11) is 0. The molecule has 2 N–H and O–H groups in total. The molecule has 1 amide bonds. The number of aromatic amines is 1. The lowest BCUT2D eigenvalue weighted by molar-refractivity contribution is -0.117. The maximum atomic E-state index is 11.7. The van der Waals surface area contributed by atoms with E-state index in [1.54, 1.807) is 29.8 Å². The highest BCUT2D eigenvalue weighted by Crippen LogP contribution is 2.10. The Hall–Kier alpha value is -1.95. The normalized spacial score (nSPS) is 12.8. The fourth-order valence-corrected chi connectivity index (χ4v) is 2.04. The van der Waals surface area contributed by atoms with Crippen molar-refractivity contribution in [3.05, 3.63) is 40.1 Å². The maximum Gasteiger partial charge on any atom is 0.244 e. The van der Waals surface area contributed by atoms with Crippen LogP contribution in [0.1, 0.15) is 29.2 Å². The van der Waals surface area contributed by atoms with Crippen LogP contribution in [0.3, 0.4) is 0 Å². The summed E-state index contributed by atoms with van der Waals surface area (Å²) in [6.07, 6.45) is 6.66. The first-order valence-corrected chi connectivity index (χ1v) is 6.42. The standard InChI is InChI=1S/C12H14N4OS/c1-8(10-5-13-14-6-10)15-12(17)4-3-11-7-18-9(2)16-11/h3-8H,1-2H3,(H,13,14)(H,15,17)/b4-3+. The van der Waals surface area contributed by atoms with Gasteiger partial charge in [0.1, 0.15) is 0 Å². The Morgan fingerprint density at radius 3 is 3.06 bits per heavy atom. The molecule has 0 bridgehead atoms. The second-order valence-electron chi connectivity index (χ2n) is 3.89. The van der Waals surface area contributed by atoms with E-state index in [0.29, 0.717) is 0 Å². The van der Waals surface area contributed by atoms with Gasteiger partial charge in [0.15, 0.2) is 0 Å². The molecule has 94 valence electrons. The fraction of sp³-hybridized carbons (Fsp3) is 0.250. The average molecular weight is 262 g/mol. The predicted octanol–water partition coefficient (Wildman–Crippen LogP) is 2.07. The molecule has 2 rings (SSSR count). The first kappa shape index (κ1) is 12.5. The van der Waals surface area contributed by atoms with Crippen LogP contribution in [-0.2, 0) is 4.79 Å². The van der Waals surface area contributed by atoms with Crippen molar-refractivity contribution in [2.24, 2.45) is 0 Å². The highest BCUT2D eigenvalue weighted by atomic mass is 32.1. The highest BCUT2D eigenvalue weighted by Gasteiger charge is 2.07. The molecule has 0 saturated carbocycles. The first-order valence-electron chi connectivity index (χ1n) is 5.54. The fourth-order valence-electron chi connectivity index (χ4n) is 1.46. The van der Waals surface area contributed by atoms with Crippen LogP contribution in [0.15, 0.2) is 23.8 Å². The Morgan fingerprint density at radius 1 is 1.61 bits per heavy atom. The molecule has 0 spiro atoms. The third-order valence-corrected chi connectivity index (χ3v) is 3.21. The number of hydrogen-bond donors (Lipinski definition) is 2. The summed E-state index contributed by atoms with van der Waals surface area (Å²) in [4.78, 5) is 15.9. The number of carbonyl (C=O) groups excluding carboxylic acids is 1. The third kappa shape index (κ3) is 3.27. The van der Waals surface area contributed by atoms with Gasteiger partial charge in [-0.15, -0.1) is 11.3 Å². The Labute approximate surface area is 109 Å². The zero-order valence-corrected chi connectivity index (χ0v) is 11.0. The topological polar surface area (TPSA) is 70.7 Å². The molecule has 0 fully saturated rings. The minimum atomic E-state index is -0.144. The summed E-state index contributed by atoms with van der Waals surface area (Å²) >= 11 is 1.56. The van der Waals surface area contributed by atoms with Crippen molar-refractivity contribution in [3.8, 4) is 0 Å². The Morgan fingerprint density at radius 2 is 2.44 bits per heavy atom. The summed E-state index contributed by atoms with van der Waals surface area (Å²) in [5.74, 6) is -0.144. The SMILES string of the molecule is Cc1nc(/C=C/C(=O)NC(C)c2cn[nH]c2)cs1. The zero-order valence-electron chi connectivity index (χ0n) is 10.2. The van der Waals surface area contributed by atoms with Crippen molar-refractivity contribution in [2.45, 2.75) is 19.9 Å². The van der Waals surface area contributed by atoms with Gasteiger partial charge in [0.2, 0.25) is 5.91 Å².